The van der Waals surface area contributed by atoms with Crippen molar-refractivity contribution in [1.29, 1.82) is 0 Å². The zero-order chi connectivity index (χ0) is 21.8. The molecule has 0 radical (unpaired) electrons. The molecule has 0 atom stereocenters. The quantitative estimate of drug-likeness (QED) is 0.478. The van der Waals surface area contributed by atoms with Gasteiger partial charge in [0.1, 0.15) is 11.3 Å². The van der Waals surface area contributed by atoms with Crippen LogP contribution in [0.15, 0.2) is 41.3 Å². The van der Waals surface area contributed by atoms with Crippen LogP contribution in [0.5, 0.6) is 5.75 Å². The number of methoxy groups -OCH3 is 1. The van der Waals surface area contributed by atoms with Crippen LogP contribution in [-0.2, 0) is 9.84 Å². The number of nitrogens with one attached hydrogen (secondary N) is 1. The third-order valence-corrected chi connectivity index (χ3v) is 7.19. The SMILES string of the molecule is CCC(CC)S(=O)(=O)c1ccc(OC)c(NC(=O)c2ccc(Cl)cc2[N+](=O)[O-])c1. The summed E-state index contributed by atoms with van der Waals surface area (Å²) in [4.78, 5) is 23.2. The maximum atomic E-state index is 12.8. The van der Waals surface area contributed by atoms with Crippen LogP contribution in [0.25, 0.3) is 0 Å². The number of nitro benzene ring substituents is 1. The van der Waals surface area contributed by atoms with Crippen molar-refractivity contribution >= 4 is 38.7 Å². The fraction of sp³-hybridized carbons (Fsp3) is 0.316. The number of anilines is 1. The van der Waals surface area contributed by atoms with Crippen molar-refractivity contribution < 1.29 is 22.9 Å². The third kappa shape index (κ3) is 4.86. The molecule has 0 spiro atoms. The summed E-state index contributed by atoms with van der Waals surface area (Å²) in [6.45, 7) is 3.58. The number of ether oxygens (including phenoxy) is 1. The van der Waals surface area contributed by atoms with Gasteiger partial charge in [0.25, 0.3) is 11.6 Å². The average Bonchev–Trinajstić information content (AvgIpc) is 2.68. The summed E-state index contributed by atoms with van der Waals surface area (Å²) < 4.78 is 30.8. The second-order valence-corrected chi connectivity index (χ2v) is 8.88. The van der Waals surface area contributed by atoms with E-state index in [4.69, 9.17) is 16.3 Å². The van der Waals surface area contributed by atoms with Crippen LogP contribution in [0.3, 0.4) is 0 Å². The van der Waals surface area contributed by atoms with Crippen LogP contribution in [0.1, 0.15) is 37.0 Å². The number of sulfone groups is 1. The van der Waals surface area contributed by atoms with E-state index < -0.39 is 31.6 Å². The van der Waals surface area contributed by atoms with Crippen molar-refractivity contribution in [3.05, 3.63) is 57.1 Å². The van der Waals surface area contributed by atoms with E-state index in [1.165, 1.54) is 37.4 Å². The van der Waals surface area contributed by atoms with Gasteiger partial charge >= 0.3 is 0 Å². The lowest BCUT2D eigenvalue weighted by Gasteiger charge is -2.16. The molecular weight excluding hydrogens is 420 g/mol. The molecule has 0 aliphatic heterocycles. The molecule has 156 valence electrons. The van der Waals surface area contributed by atoms with Crippen molar-refractivity contribution in [2.24, 2.45) is 0 Å². The summed E-state index contributed by atoms with van der Waals surface area (Å²) in [6.07, 6.45) is 0.896. The highest BCUT2D eigenvalue weighted by Gasteiger charge is 2.26. The van der Waals surface area contributed by atoms with E-state index in [9.17, 15) is 23.3 Å². The van der Waals surface area contributed by atoms with Crippen molar-refractivity contribution in [1.82, 2.24) is 0 Å². The van der Waals surface area contributed by atoms with Gasteiger partial charge in [0.15, 0.2) is 9.84 Å². The predicted molar refractivity (Wildman–Crippen MR) is 111 cm³/mol. The summed E-state index contributed by atoms with van der Waals surface area (Å²) in [7, 11) is -2.24. The Morgan fingerprint density at radius 2 is 1.86 bits per heavy atom. The molecule has 0 bridgehead atoms. The first kappa shape index (κ1) is 22.6. The fourth-order valence-corrected chi connectivity index (χ4v) is 4.89. The molecule has 8 nitrogen and oxygen atoms in total. The summed E-state index contributed by atoms with van der Waals surface area (Å²) in [5.41, 5.74) is -0.585. The largest absolute Gasteiger partial charge is 0.495 e. The fourth-order valence-electron chi connectivity index (χ4n) is 2.92. The lowest BCUT2D eigenvalue weighted by molar-refractivity contribution is -0.385. The zero-order valence-corrected chi connectivity index (χ0v) is 17.7. The number of carbonyl (C=O) groups is 1. The number of nitrogens with zero attached hydrogens (tertiary/aromatic N) is 1. The Kier molecular flexibility index (Phi) is 7.21. The van der Waals surface area contributed by atoms with E-state index in [1.54, 1.807) is 13.8 Å². The van der Waals surface area contributed by atoms with E-state index in [-0.39, 0.29) is 26.9 Å². The average molecular weight is 441 g/mol. The van der Waals surface area contributed by atoms with Gasteiger partial charge in [-0.1, -0.05) is 25.4 Å². The molecule has 10 heteroatoms. The van der Waals surface area contributed by atoms with Crippen molar-refractivity contribution in [2.45, 2.75) is 36.8 Å². The molecule has 0 saturated carbocycles. The topological polar surface area (TPSA) is 116 Å². The molecule has 0 aromatic heterocycles. The monoisotopic (exact) mass is 440 g/mol. The minimum atomic E-state index is -3.61. The summed E-state index contributed by atoms with van der Waals surface area (Å²) in [5, 5.41) is 13.3. The Bertz CT molecular complexity index is 1030. The molecule has 0 fully saturated rings. The van der Waals surface area contributed by atoms with E-state index >= 15 is 0 Å². The molecule has 0 unspecified atom stereocenters. The Labute approximate surface area is 173 Å². The summed E-state index contributed by atoms with van der Waals surface area (Å²) in [5.74, 6) is -0.567. The van der Waals surface area contributed by atoms with Crippen LogP contribution >= 0.6 is 11.6 Å². The highest BCUT2D eigenvalue weighted by Crippen LogP contribution is 2.32. The van der Waals surface area contributed by atoms with Gasteiger partial charge in [-0.05, 0) is 43.2 Å². The molecule has 0 heterocycles. The summed E-state index contributed by atoms with van der Waals surface area (Å²) >= 11 is 5.78. The van der Waals surface area contributed by atoms with Gasteiger partial charge in [0.05, 0.1) is 27.9 Å². The van der Waals surface area contributed by atoms with Crippen molar-refractivity contribution in [3.63, 3.8) is 0 Å². The van der Waals surface area contributed by atoms with Crippen molar-refractivity contribution in [3.8, 4) is 5.75 Å². The molecular formula is C19H21ClN2O6S. The van der Waals surface area contributed by atoms with Gasteiger partial charge in [-0.25, -0.2) is 8.42 Å². The molecule has 0 aliphatic rings. The first-order valence-electron chi connectivity index (χ1n) is 8.82. The van der Waals surface area contributed by atoms with Gasteiger partial charge < -0.3 is 10.1 Å². The Morgan fingerprint density at radius 1 is 1.21 bits per heavy atom. The maximum absolute atomic E-state index is 12.8. The molecule has 1 amide bonds. The Morgan fingerprint density at radius 3 is 2.41 bits per heavy atom. The summed E-state index contributed by atoms with van der Waals surface area (Å²) in [6, 6.07) is 7.80. The first-order chi connectivity index (χ1) is 13.6. The van der Waals surface area contributed by atoms with Crippen LogP contribution in [0.4, 0.5) is 11.4 Å². The number of benzene rings is 2. The highest BCUT2D eigenvalue weighted by molar-refractivity contribution is 7.92. The number of rotatable bonds is 8. The van der Waals surface area contributed by atoms with Gasteiger partial charge in [-0.2, -0.15) is 0 Å². The molecule has 29 heavy (non-hydrogen) atoms. The lowest BCUT2D eigenvalue weighted by Crippen LogP contribution is -2.20. The van der Waals surface area contributed by atoms with Crippen LogP contribution < -0.4 is 10.1 Å². The van der Waals surface area contributed by atoms with E-state index in [1.807, 2.05) is 0 Å². The minimum absolute atomic E-state index is 0.0351. The number of nitro groups is 1. The number of carbonyl (C=O) groups excluding carboxylic acids is 1. The standard InChI is InChI=1S/C19H21ClN2O6S/c1-4-13(5-2)29(26,27)14-7-9-18(28-3)16(11-14)21-19(23)15-8-6-12(20)10-17(15)22(24)25/h6-11,13H,4-5H2,1-3H3,(H,21,23). The van der Waals surface area contributed by atoms with Gasteiger partial charge in [0.2, 0.25) is 0 Å². The zero-order valence-electron chi connectivity index (χ0n) is 16.1. The minimum Gasteiger partial charge on any atom is -0.495 e. The van der Waals surface area contributed by atoms with Gasteiger partial charge in [-0.15, -0.1) is 0 Å². The molecule has 2 rings (SSSR count). The number of hydrogen-bond acceptors (Lipinski definition) is 6. The van der Waals surface area contributed by atoms with E-state index in [0.29, 0.717) is 12.8 Å². The third-order valence-electron chi connectivity index (χ3n) is 4.50. The van der Waals surface area contributed by atoms with Gasteiger partial charge in [-0.3, -0.25) is 14.9 Å². The number of amides is 1. The van der Waals surface area contributed by atoms with E-state index in [2.05, 4.69) is 5.32 Å². The van der Waals surface area contributed by atoms with Crippen LogP contribution in [-0.4, -0.2) is 31.6 Å². The Hall–Kier alpha value is -2.65. The van der Waals surface area contributed by atoms with Crippen LogP contribution in [0.2, 0.25) is 5.02 Å². The first-order valence-corrected chi connectivity index (χ1v) is 10.7. The number of hydrogen-bond donors (Lipinski definition) is 1. The molecule has 0 aliphatic carbocycles. The van der Waals surface area contributed by atoms with Crippen molar-refractivity contribution in [2.75, 3.05) is 12.4 Å². The van der Waals surface area contributed by atoms with Gasteiger partial charge in [0, 0.05) is 11.1 Å². The molecule has 1 N–H and O–H groups in total. The highest BCUT2D eigenvalue weighted by atomic mass is 35.5. The Balaban J connectivity index is 2.48. The van der Waals surface area contributed by atoms with E-state index in [0.717, 1.165) is 6.07 Å². The second-order valence-electron chi connectivity index (χ2n) is 6.22. The molecule has 2 aromatic rings. The van der Waals surface area contributed by atoms with Crippen LogP contribution in [0, 0.1) is 10.1 Å². The number of halogens is 1. The second kappa shape index (κ2) is 9.23. The maximum Gasteiger partial charge on any atom is 0.283 e. The molecule has 0 saturated heterocycles. The molecule has 2 aromatic carbocycles. The normalized spacial score (nSPS) is 11.3. The smallest absolute Gasteiger partial charge is 0.283 e. The predicted octanol–water partition coefficient (Wildman–Crippen LogP) is 4.47. The lowest BCUT2D eigenvalue weighted by atomic mass is 10.1.